The number of hydrogen-bond donors (Lipinski definition) is 0. The van der Waals surface area contributed by atoms with Gasteiger partial charge in [0.15, 0.2) is 0 Å². The molecule has 166 valence electrons. The van der Waals surface area contributed by atoms with Crippen molar-refractivity contribution in [3.8, 4) is 22.3 Å². The van der Waals surface area contributed by atoms with Crippen molar-refractivity contribution >= 4 is 50.9 Å². The molecule has 2 aliphatic heterocycles. The third-order valence-corrected chi connectivity index (χ3v) is 7.82. The fourth-order valence-electron chi connectivity index (χ4n) is 6.28. The molecular formula is C34H22BN. The van der Waals surface area contributed by atoms with Gasteiger partial charge in [0.2, 0.25) is 6.71 Å². The molecule has 0 saturated heterocycles. The summed E-state index contributed by atoms with van der Waals surface area (Å²) in [5.74, 6) is 0. The average molecular weight is 455 g/mol. The van der Waals surface area contributed by atoms with Crippen molar-refractivity contribution in [3.05, 3.63) is 133 Å². The van der Waals surface area contributed by atoms with Crippen LogP contribution in [0.25, 0.3) is 33.0 Å². The fraction of sp³-hybridized carbons (Fsp3) is 0. The average Bonchev–Trinajstić information content (AvgIpc) is 3.27. The number of fused-ring (bicyclic) bond motifs is 6. The van der Waals surface area contributed by atoms with E-state index in [9.17, 15) is 0 Å². The van der Waals surface area contributed by atoms with Gasteiger partial charge in [0.25, 0.3) is 0 Å². The van der Waals surface area contributed by atoms with E-state index in [1.54, 1.807) is 0 Å². The van der Waals surface area contributed by atoms with E-state index in [-0.39, 0.29) is 6.71 Å². The predicted octanol–water partition coefficient (Wildman–Crippen LogP) is 6.79. The summed E-state index contributed by atoms with van der Waals surface area (Å²) in [6.45, 7) is 0.232. The summed E-state index contributed by atoms with van der Waals surface area (Å²) in [6.07, 6.45) is 0. The number of benzene rings is 6. The minimum atomic E-state index is 0.232. The van der Waals surface area contributed by atoms with Crippen LogP contribution in [0, 0.1) is 0 Å². The van der Waals surface area contributed by atoms with Crippen molar-refractivity contribution in [1.29, 1.82) is 0 Å². The van der Waals surface area contributed by atoms with Crippen LogP contribution >= 0.6 is 0 Å². The Bertz CT molecular complexity index is 1790. The highest BCUT2D eigenvalue weighted by atomic mass is 15.1. The molecule has 0 aromatic heterocycles. The maximum absolute atomic E-state index is 2.46. The lowest BCUT2D eigenvalue weighted by Gasteiger charge is -2.36. The first kappa shape index (κ1) is 19.7. The lowest BCUT2D eigenvalue weighted by Crippen LogP contribution is -2.54. The minimum absolute atomic E-state index is 0.232. The molecule has 0 aliphatic carbocycles. The molecule has 0 radical (unpaired) electrons. The van der Waals surface area contributed by atoms with Gasteiger partial charge in [-0.1, -0.05) is 103 Å². The molecule has 0 N–H and O–H groups in total. The van der Waals surface area contributed by atoms with E-state index in [0.717, 1.165) is 0 Å². The van der Waals surface area contributed by atoms with Crippen molar-refractivity contribution in [3.63, 3.8) is 0 Å². The number of para-hydroxylation sites is 2. The highest BCUT2D eigenvalue weighted by Gasteiger charge is 2.42. The standard InChI is InChI=1S/C34H22BN/c1-3-11-23(12-4-1)26-20-29-28-19-24-13-7-8-14-25(24)21-31(28)35-30-17-9-10-18-32(30)36(33(22-26)34(29)35)27-15-5-2-6-16-27/h1-22H. The molecule has 8 rings (SSSR count). The zero-order valence-electron chi connectivity index (χ0n) is 19.7. The molecule has 2 heterocycles. The second kappa shape index (κ2) is 7.47. The molecular weight excluding hydrogens is 433 g/mol. The predicted molar refractivity (Wildman–Crippen MR) is 154 cm³/mol. The van der Waals surface area contributed by atoms with Gasteiger partial charge in [-0.15, -0.1) is 0 Å². The highest BCUT2D eigenvalue weighted by Crippen LogP contribution is 2.43. The molecule has 6 aromatic carbocycles. The van der Waals surface area contributed by atoms with Crippen molar-refractivity contribution in [1.82, 2.24) is 0 Å². The SMILES string of the molecule is c1ccc(-c2cc3c4c(c2)N(c2ccccc2)c2ccccc2B4c2cc4ccccc4cc2-3)cc1. The van der Waals surface area contributed by atoms with Gasteiger partial charge in [0.05, 0.1) is 0 Å². The van der Waals surface area contributed by atoms with E-state index in [0.29, 0.717) is 0 Å². The van der Waals surface area contributed by atoms with Gasteiger partial charge in [-0.3, -0.25) is 0 Å². The Hall–Kier alpha value is -4.56. The zero-order chi connectivity index (χ0) is 23.6. The Labute approximate surface area is 211 Å². The monoisotopic (exact) mass is 455 g/mol. The maximum atomic E-state index is 2.46. The molecule has 1 nitrogen and oxygen atoms in total. The second-order valence-electron chi connectivity index (χ2n) is 9.77. The molecule has 36 heavy (non-hydrogen) atoms. The largest absolute Gasteiger partial charge is 0.311 e. The maximum Gasteiger partial charge on any atom is 0.248 e. The quantitative estimate of drug-likeness (QED) is 0.260. The Morgan fingerprint density at radius 3 is 1.92 bits per heavy atom. The van der Waals surface area contributed by atoms with Crippen LogP contribution in [0.1, 0.15) is 0 Å². The molecule has 0 amide bonds. The number of rotatable bonds is 2. The van der Waals surface area contributed by atoms with Crippen LogP contribution in [-0.2, 0) is 0 Å². The third kappa shape index (κ3) is 2.73. The number of nitrogens with zero attached hydrogens (tertiary/aromatic N) is 1. The lowest BCUT2D eigenvalue weighted by molar-refractivity contribution is 1.30. The molecule has 0 unspecified atom stereocenters. The van der Waals surface area contributed by atoms with Gasteiger partial charge in [-0.2, -0.15) is 0 Å². The molecule has 0 fully saturated rings. The zero-order valence-corrected chi connectivity index (χ0v) is 19.7. The van der Waals surface area contributed by atoms with Crippen LogP contribution in [0.3, 0.4) is 0 Å². The van der Waals surface area contributed by atoms with Crippen molar-refractivity contribution in [2.75, 3.05) is 4.90 Å². The summed E-state index contributed by atoms with van der Waals surface area (Å²) in [7, 11) is 0. The highest BCUT2D eigenvalue weighted by molar-refractivity contribution is 7.01. The van der Waals surface area contributed by atoms with Crippen LogP contribution in [0.4, 0.5) is 17.1 Å². The van der Waals surface area contributed by atoms with Crippen molar-refractivity contribution in [2.24, 2.45) is 0 Å². The Morgan fingerprint density at radius 1 is 0.444 bits per heavy atom. The molecule has 0 atom stereocenters. The third-order valence-electron chi connectivity index (χ3n) is 7.82. The van der Waals surface area contributed by atoms with Gasteiger partial charge in [-0.25, -0.2) is 0 Å². The van der Waals surface area contributed by atoms with Gasteiger partial charge < -0.3 is 4.90 Å². The van der Waals surface area contributed by atoms with Gasteiger partial charge in [0, 0.05) is 17.1 Å². The number of hydrogen-bond acceptors (Lipinski definition) is 1. The molecule has 2 heteroatoms. The Kier molecular flexibility index (Phi) is 4.09. The van der Waals surface area contributed by atoms with E-state index in [1.165, 1.54) is 66.5 Å². The van der Waals surface area contributed by atoms with E-state index in [2.05, 4.69) is 138 Å². The van der Waals surface area contributed by atoms with Crippen LogP contribution in [0.15, 0.2) is 133 Å². The van der Waals surface area contributed by atoms with E-state index < -0.39 is 0 Å². The summed E-state index contributed by atoms with van der Waals surface area (Å²) >= 11 is 0. The molecule has 0 bridgehead atoms. The Morgan fingerprint density at radius 2 is 1.11 bits per heavy atom. The van der Waals surface area contributed by atoms with Crippen LogP contribution in [0.2, 0.25) is 0 Å². The summed E-state index contributed by atoms with van der Waals surface area (Å²) in [5.41, 5.74) is 13.1. The van der Waals surface area contributed by atoms with Crippen LogP contribution in [-0.4, -0.2) is 6.71 Å². The van der Waals surface area contributed by atoms with Gasteiger partial charge >= 0.3 is 0 Å². The molecule has 2 aliphatic rings. The van der Waals surface area contributed by atoms with E-state index >= 15 is 0 Å². The lowest BCUT2D eigenvalue weighted by atomic mass is 9.37. The summed E-state index contributed by atoms with van der Waals surface area (Å²) in [6, 6.07) is 48.9. The van der Waals surface area contributed by atoms with E-state index in [4.69, 9.17) is 0 Å². The van der Waals surface area contributed by atoms with Gasteiger partial charge in [0.1, 0.15) is 0 Å². The first-order valence-electron chi connectivity index (χ1n) is 12.6. The topological polar surface area (TPSA) is 3.24 Å². The summed E-state index contributed by atoms with van der Waals surface area (Å²) in [5, 5.41) is 2.60. The smallest absolute Gasteiger partial charge is 0.248 e. The van der Waals surface area contributed by atoms with Gasteiger partial charge in [-0.05, 0) is 80.4 Å². The fourth-order valence-corrected chi connectivity index (χ4v) is 6.28. The number of anilines is 3. The summed E-state index contributed by atoms with van der Waals surface area (Å²) < 4.78 is 0. The van der Waals surface area contributed by atoms with E-state index in [1.807, 2.05) is 0 Å². The summed E-state index contributed by atoms with van der Waals surface area (Å²) in [4.78, 5) is 2.46. The normalized spacial score (nSPS) is 12.9. The first-order chi connectivity index (χ1) is 17.9. The van der Waals surface area contributed by atoms with Crippen LogP contribution < -0.4 is 21.3 Å². The van der Waals surface area contributed by atoms with Crippen molar-refractivity contribution < 1.29 is 0 Å². The Balaban J connectivity index is 1.51. The molecule has 6 aromatic rings. The van der Waals surface area contributed by atoms with Crippen molar-refractivity contribution in [2.45, 2.75) is 0 Å². The molecule has 0 spiro atoms. The minimum Gasteiger partial charge on any atom is -0.311 e. The van der Waals surface area contributed by atoms with Crippen LogP contribution in [0.5, 0.6) is 0 Å². The molecule has 0 saturated carbocycles. The second-order valence-corrected chi connectivity index (χ2v) is 9.77. The first-order valence-corrected chi connectivity index (χ1v) is 12.6.